The highest BCUT2D eigenvalue weighted by atomic mass is 19.1. The normalized spacial score (nSPS) is 13.0. The lowest BCUT2D eigenvalue weighted by atomic mass is 9.99. The molecule has 1 saturated heterocycles. The van der Waals surface area contributed by atoms with Gasteiger partial charge in [-0.2, -0.15) is 0 Å². The molecule has 2 N–H and O–H groups in total. The Kier molecular flexibility index (Phi) is 21.5. The number of ether oxygens (including phenoxy) is 2. The standard InChI is InChI=1S/C20H25FN4O2.4C2H6/c1-4-16(13(2)21)25-20-15-9-18(26-3)19(10-17(15)23-12-24-20)27-11-14-5-7-22-8-6-14;4*1-2/h4,9-10,12,14,22H,1,5-8,11H2,2-3H3,(H,23,24,25);4*1-2H3/b16-13-;;;;. The van der Waals surface area contributed by atoms with Crippen LogP contribution in [0.5, 0.6) is 11.5 Å². The minimum atomic E-state index is -0.370. The first-order chi connectivity index (χ1) is 17.1. The van der Waals surface area contributed by atoms with E-state index in [0.29, 0.717) is 40.7 Å². The number of allylic oxidation sites excluding steroid dienone is 2. The average molecular weight is 493 g/mol. The van der Waals surface area contributed by atoms with Crippen LogP contribution in [-0.4, -0.2) is 36.8 Å². The largest absolute Gasteiger partial charge is 0.493 e. The van der Waals surface area contributed by atoms with Gasteiger partial charge in [-0.3, -0.25) is 0 Å². The topological polar surface area (TPSA) is 68.3 Å². The molecule has 0 aliphatic carbocycles. The van der Waals surface area contributed by atoms with E-state index in [1.807, 2.05) is 67.5 Å². The van der Waals surface area contributed by atoms with Crippen molar-refractivity contribution in [3.05, 3.63) is 42.6 Å². The molecule has 0 bridgehead atoms. The molecule has 0 amide bonds. The number of anilines is 1. The number of rotatable bonds is 7. The average Bonchev–Trinajstić information content (AvgIpc) is 2.94. The summed E-state index contributed by atoms with van der Waals surface area (Å²) in [6, 6.07) is 3.64. The molecule has 0 unspecified atom stereocenters. The van der Waals surface area contributed by atoms with Crippen LogP contribution >= 0.6 is 0 Å². The fraction of sp³-hybridized carbons (Fsp3) is 0.571. The van der Waals surface area contributed by atoms with E-state index in [2.05, 4.69) is 27.2 Å². The number of fused-ring (bicyclic) bond motifs is 1. The second-order valence-corrected chi connectivity index (χ2v) is 6.52. The number of hydrogen-bond acceptors (Lipinski definition) is 6. The number of nitrogens with zero attached hydrogens (tertiary/aromatic N) is 2. The van der Waals surface area contributed by atoms with Gasteiger partial charge in [0, 0.05) is 11.5 Å². The van der Waals surface area contributed by atoms with Gasteiger partial charge in [-0.25, -0.2) is 14.4 Å². The fourth-order valence-corrected chi connectivity index (χ4v) is 3.10. The molecular formula is C28H49FN4O2. The van der Waals surface area contributed by atoms with Gasteiger partial charge in [0.15, 0.2) is 11.5 Å². The van der Waals surface area contributed by atoms with Crippen molar-refractivity contribution in [2.45, 2.75) is 75.2 Å². The van der Waals surface area contributed by atoms with Gasteiger partial charge in [-0.05, 0) is 50.9 Å². The lowest BCUT2D eigenvalue weighted by Crippen LogP contribution is -2.30. The van der Waals surface area contributed by atoms with Crippen LogP contribution in [-0.2, 0) is 0 Å². The van der Waals surface area contributed by atoms with Crippen molar-refractivity contribution in [3.63, 3.8) is 0 Å². The zero-order valence-electron chi connectivity index (χ0n) is 23.7. The zero-order chi connectivity index (χ0) is 27.2. The summed E-state index contributed by atoms with van der Waals surface area (Å²) in [6.07, 6.45) is 5.05. The van der Waals surface area contributed by atoms with Crippen LogP contribution in [0.15, 0.2) is 42.6 Å². The van der Waals surface area contributed by atoms with E-state index in [1.165, 1.54) is 19.3 Å². The number of methoxy groups -OCH3 is 1. The van der Waals surface area contributed by atoms with Gasteiger partial charge in [-0.15, -0.1) is 0 Å². The van der Waals surface area contributed by atoms with E-state index >= 15 is 0 Å². The van der Waals surface area contributed by atoms with E-state index in [4.69, 9.17) is 9.47 Å². The van der Waals surface area contributed by atoms with Crippen molar-refractivity contribution in [2.24, 2.45) is 5.92 Å². The third-order valence-electron chi connectivity index (χ3n) is 4.68. The molecule has 2 aromatic rings. The molecule has 2 heterocycles. The van der Waals surface area contributed by atoms with Crippen LogP contribution in [0, 0.1) is 5.92 Å². The van der Waals surface area contributed by atoms with Crippen molar-refractivity contribution in [1.29, 1.82) is 0 Å². The maximum atomic E-state index is 13.6. The van der Waals surface area contributed by atoms with Crippen molar-refractivity contribution in [3.8, 4) is 11.5 Å². The number of halogens is 1. The molecule has 3 rings (SSSR count). The number of piperidine rings is 1. The molecule has 1 fully saturated rings. The third-order valence-corrected chi connectivity index (χ3v) is 4.68. The summed E-state index contributed by atoms with van der Waals surface area (Å²) in [7, 11) is 1.59. The monoisotopic (exact) mass is 492 g/mol. The van der Waals surface area contributed by atoms with E-state index in [9.17, 15) is 4.39 Å². The first-order valence-electron chi connectivity index (χ1n) is 13.0. The Morgan fingerprint density at radius 3 is 2.17 bits per heavy atom. The van der Waals surface area contributed by atoms with Gasteiger partial charge in [0.1, 0.15) is 18.0 Å². The summed E-state index contributed by atoms with van der Waals surface area (Å²) in [6.45, 7) is 23.7. The van der Waals surface area contributed by atoms with Crippen LogP contribution in [0.2, 0.25) is 0 Å². The van der Waals surface area contributed by atoms with Crippen LogP contribution < -0.4 is 20.1 Å². The molecular weight excluding hydrogens is 443 g/mol. The molecule has 1 aliphatic heterocycles. The first-order valence-corrected chi connectivity index (χ1v) is 13.0. The highest BCUT2D eigenvalue weighted by Crippen LogP contribution is 2.35. The van der Waals surface area contributed by atoms with Gasteiger partial charge in [0.2, 0.25) is 0 Å². The summed E-state index contributed by atoms with van der Waals surface area (Å²) < 4.78 is 25.1. The van der Waals surface area contributed by atoms with Crippen molar-refractivity contribution in [1.82, 2.24) is 15.3 Å². The minimum Gasteiger partial charge on any atom is -0.493 e. The van der Waals surface area contributed by atoms with Crippen molar-refractivity contribution >= 4 is 16.7 Å². The van der Waals surface area contributed by atoms with Gasteiger partial charge < -0.3 is 20.1 Å². The molecule has 0 saturated carbocycles. The first kappa shape index (κ1) is 34.5. The second kappa shape index (κ2) is 21.8. The summed E-state index contributed by atoms with van der Waals surface area (Å²) >= 11 is 0. The van der Waals surface area contributed by atoms with Gasteiger partial charge >= 0.3 is 0 Å². The highest BCUT2D eigenvalue weighted by Gasteiger charge is 2.17. The molecule has 6 nitrogen and oxygen atoms in total. The quantitative estimate of drug-likeness (QED) is 0.383. The van der Waals surface area contributed by atoms with E-state index in [-0.39, 0.29) is 11.5 Å². The Labute approximate surface area is 213 Å². The molecule has 7 heteroatoms. The van der Waals surface area contributed by atoms with Crippen LogP contribution in [0.4, 0.5) is 10.2 Å². The smallest absolute Gasteiger partial charge is 0.163 e. The summed E-state index contributed by atoms with van der Waals surface area (Å²) in [5, 5.41) is 7.02. The lowest BCUT2D eigenvalue weighted by molar-refractivity contribution is 0.208. The summed E-state index contributed by atoms with van der Waals surface area (Å²) in [4.78, 5) is 8.55. The summed E-state index contributed by atoms with van der Waals surface area (Å²) in [5.74, 6) is 1.88. The minimum absolute atomic E-state index is 0.264. The molecule has 0 atom stereocenters. The maximum Gasteiger partial charge on any atom is 0.163 e. The van der Waals surface area contributed by atoms with Gasteiger partial charge in [0.25, 0.3) is 0 Å². The van der Waals surface area contributed by atoms with E-state index in [1.54, 1.807) is 7.11 Å². The van der Waals surface area contributed by atoms with Gasteiger partial charge in [-0.1, -0.05) is 62.0 Å². The molecule has 35 heavy (non-hydrogen) atoms. The maximum absolute atomic E-state index is 13.6. The molecule has 0 spiro atoms. The Balaban J connectivity index is 0. The summed E-state index contributed by atoms with van der Waals surface area (Å²) in [5.41, 5.74) is 0.953. The number of aromatic nitrogens is 2. The van der Waals surface area contributed by atoms with Crippen LogP contribution in [0.1, 0.15) is 75.2 Å². The number of hydrogen-bond donors (Lipinski definition) is 2. The van der Waals surface area contributed by atoms with Crippen LogP contribution in [0.3, 0.4) is 0 Å². The molecule has 1 aliphatic rings. The Bertz CT molecular complexity index is 846. The van der Waals surface area contributed by atoms with Gasteiger partial charge in [0.05, 0.1) is 24.9 Å². The Hall–Kier alpha value is -2.67. The third kappa shape index (κ3) is 11.5. The zero-order valence-corrected chi connectivity index (χ0v) is 23.7. The molecule has 1 aromatic heterocycles. The SMILES string of the molecule is C=C/C(Nc1ncnc2cc(OCC3CCNCC3)c(OC)cc12)=C(\C)F.CC.CC.CC.CC. The molecule has 0 radical (unpaired) electrons. The Morgan fingerprint density at radius 1 is 1.06 bits per heavy atom. The predicted octanol–water partition coefficient (Wildman–Crippen LogP) is 7.92. The lowest BCUT2D eigenvalue weighted by Gasteiger charge is -2.23. The number of nitrogens with one attached hydrogen (secondary N) is 2. The van der Waals surface area contributed by atoms with Crippen LogP contribution in [0.25, 0.3) is 10.9 Å². The number of benzene rings is 1. The fourth-order valence-electron chi connectivity index (χ4n) is 3.10. The van der Waals surface area contributed by atoms with E-state index < -0.39 is 0 Å². The van der Waals surface area contributed by atoms with Crippen molar-refractivity contribution < 1.29 is 13.9 Å². The van der Waals surface area contributed by atoms with Crippen molar-refractivity contribution in [2.75, 3.05) is 32.1 Å². The predicted molar refractivity (Wildman–Crippen MR) is 150 cm³/mol. The highest BCUT2D eigenvalue weighted by molar-refractivity contribution is 5.92. The van der Waals surface area contributed by atoms with E-state index in [0.717, 1.165) is 25.9 Å². The molecule has 1 aromatic carbocycles. The molecule has 200 valence electrons. The Morgan fingerprint density at radius 2 is 1.66 bits per heavy atom. The second-order valence-electron chi connectivity index (χ2n) is 6.52.